The maximum atomic E-state index is 11.2. The molecule has 0 radical (unpaired) electrons. The highest BCUT2D eigenvalue weighted by molar-refractivity contribution is 5.90. The maximum Gasteiger partial charge on any atom is 0.358 e. The third-order valence-electron chi connectivity index (χ3n) is 3.82. The van der Waals surface area contributed by atoms with Gasteiger partial charge in [-0.15, -0.1) is 0 Å². The number of ether oxygens (including phenoxy) is 1. The van der Waals surface area contributed by atoms with Crippen LogP contribution in [0, 0.1) is 0 Å². The van der Waals surface area contributed by atoms with Gasteiger partial charge in [0.1, 0.15) is 11.4 Å². The average molecular weight is 299 g/mol. The van der Waals surface area contributed by atoms with Crippen molar-refractivity contribution in [2.75, 3.05) is 5.73 Å². The van der Waals surface area contributed by atoms with Crippen molar-refractivity contribution in [1.82, 2.24) is 9.97 Å². The van der Waals surface area contributed by atoms with E-state index in [1.165, 1.54) is 0 Å². The fourth-order valence-electron chi connectivity index (χ4n) is 2.74. The number of hydrogen-bond acceptors (Lipinski definition) is 5. The first-order valence-electron chi connectivity index (χ1n) is 7.28. The normalized spacial score (nSPS) is 14.9. The second-order valence-electron chi connectivity index (χ2n) is 5.35. The molecule has 0 bridgehead atoms. The Kier molecular flexibility index (Phi) is 3.91. The highest BCUT2D eigenvalue weighted by atomic mass is 16.5. The third-order valence-corrected chi connectivity index (χ3v) is 3.82. The molecule has 3 rings (SSSR count). The topological polar surface area (TPSA) is 98.3 Å². The Balaban J connectivity index is 2.03. The number of aromatic carboxylic acids is 1. The number of nitrogen functional groups attached to an aromatic ring is 1. The molecule has 6 nitrogen and oxygen atoms in total. The number of carbonyl (C=O) groups is 1. The summed E-state index contributed by atoms with van der Waals surface area (Å²) in [5.41, 5.74) is 6.13. The highest BCUT2D eigenvalue weighted by Crippen LogP contribution is 2.38. The molecule has 0 spiro atoms. The SMILES string of the molecule is Nc1nc(C2CCCC2)c(Oc2ccccc2)nc1C(=O)O. The number of carboxylic acids is 1. The van der Waals surface area contributed by atoms with Crippen LogP contribution in [-0.4, -0.2) is 21.0 Å². The van der Waals surface area contributed by atoms with Crippen LogP contribution in [0.2, 0.25) is 0 Å². The van der Waals surface area contributed by atoms with E-state index < -0.39 is 5.97 Å². The van der Waals surface area contributed by atoms with E-state index in [1.54, 1.807) is 12.1 Å². The number of nitrogens with two attached hydrogens (primary N) is 1. The second-order valence-corrected chi connectivity index (χ2v) is 5.35. The third kappa shape index (κ3) is 2.86. The molecule has 1 aromatic heterocycles. The molecular weight excluding hydrogens is 282 g/mol. The van der Waals surface area contributed by atoms with Gasteiger partial charge in [0.25, 0.3) is 0 Å². The van der Waals surface area contributed by atoms with Gasteiger partial charge < -0.3 is 15.6 Å². The molecule has 3 N–H and O–H groups in total. The molecule has 0 saturated heterocycles. The zero-order chi connectivity index (χ0) is 15.5. The van der Waals surface area contributed by atoms with Gasteiger partial charge in [0.05, 0.1) is 0 Å². The van der Waals surface area contributed by atoms with Crippen molar-refractivity contribution in [2.45, 2.75) is 31.6 Å². The number of nitrogens with zero attached hydrogens (tertiary/aromatic N) is 2. The van der Waals surface area contributed by atoms with Crippen LogP contribution in [0.15, 0.2) is 30.3 Å². The summed E-state index contributed by atoms with van der Waals surface area (Å²) in [6.45, 7) is 0. The Morgan fingerprint density at radius 2 is 1.86 bits per heavy atom. The van der Waals surface area contributed by atoms with Crippen molar-refractivity contribution < 1.29 is 14.6 Å². The Bertz CT molecular complexity index is 683. The predicted molar refractivity (Wildman–Crippen MR) is 81.1 cm³/mol. The molecule has 6 heteroatoms. The molecule has 1 aromatic carbocycles. The fourth-order valence-corrected chi connectivity index (χ4v) is 2.74. The maximum absolute atomic E-state index is 11.2. The van der Waals surface area contributed by atoms with E-state index in [0.29, 0.717) is 11.4 Å². The molecule has 0 aliphatic heterocycles. The predicted octanol–water partition coefficient (Wildman–Crippen LogP) is 3.21. The van der Waals surface area contributed by atoms with Gasteiger partial charge in [-0.3, -0.25) is 0 Å². The van der Waals surface area contributed by atoms with E-state index >= 15 is 0 Å². The summed E-state index contributed by atoms with van der Waals surface area (Å²) in [7, 11) is 0. The number of anilines is 1. The molecule has 0 unspecified atom stereocenters. The number of benzene rings is 1. The zero-order valence-corrected chi connectivity index (χ0v) is 12.0. The van der Waals surface area contributed by atoms with Crippen LogP contribution in [0.3, 0.4) is 0 Å². The summed E-state index contributed by atoms with van der Waals surface area (Å²) < 4.78 is 5.78. The molecule has 0 amide bonds. The Labute approximate surface area is 128 Å². The zero-order valence-electron chi connectivity index (χ0n) is 12.0. The minimum atomic E-state index is -1.21. The van der Waals surface area contributed by atoms with E-state index in [1.807, 2.05) is 18.2 Å². The summed E-state index contributed by atoms with van der Waals surface area (Å²) >= 11 is 0. The lowest BCUT2D eigenvalue weighted by Gasteiger charge is -2.15. The standard InChI is InChI=1S/C16H17N3O3/c17-14-13(16(20)21)19-15(22-11-8-2-1-3-9-11)12(18-14)10-6-4-5-7-10/h1-3,8-10H,4-7H2,(H2,17,18)(H,20,21). The quantitative estimate of drug-likeness (QED) is 0.899. The molecule has 1 fully saturated rings. The van der Waals surface area contributed by atoms with Crippen LogP contribution in [0.1, 0.15) is 47.8 Å². The highest BCUT2D eigenvalue weighted by Gasteiger charge is 2.26. The Morgan fingerprint density at radius 1 is 1.18 bits per heavy atom. The first kappa shape index (κ1) is 14.3. The first-order valence-corrected chi connectivity index (χ1v) is 7.28. The van der Waals surface area contributed by atoms with Gasteiger partial charge in [0.2, 0.25) is 5.88 Å². The van der Waals surface area contributed by atoms with Crippen molar-refractivity contribution >= 4 is 11.8 Å². The first-order chi connectivity index (χ1) is 10.6. The van der Waals surface area contributed by atoms with E-state index in [2.05, 4.69) is 9.97 Å². The Morgan fingerprint density at radius 3 is 2.50 bits per heavy atom. The van der Waals surface area contributed by atoms with Gasteiger partial charge in [-0.2, -0.15) is 0 Å². The van der Waals surface area contributed by atoms with Crippen LogP contribution >= 0.6 is 0 Å². The van der Waals surface area contributed by atoms with E-state index in [0.717, 1.165) is 25.7 Å². The van der Waals surface area contributed by atoms with Gasteiger partial charge in [-0.1, -0.05) is 31.0 Å². The van der Waals surface area contributed by atoms with Gasteiger partial charge in [0, 0.05) is 5.92 Å². The van der Waals surface area contributed by atoms with Gasteiger partial charge in [-0.25, -0.2) is 14.8 Å². The monoisotopic (exact) mass is 299 g/mol. The molecular formula is C16H17N3O3. The fraction of sp³-hybridized carbons (Fsp3) is 0.312. The molecule has 22 heavy (non-hydrogen) atoms. The number of para-hydroxylation sites is 1. The van der Waals surface area contributed by atoms with Crippen molar-refractivity contribution in [2.24, 2.45) is 0 Å². The lowest BCUT2D eigenvalue weighted by atomic mass is 10.0. The molecule has 1 aliphatic rings. The number of aromatic nitrogens is 2. The summed E-state index contributed by atoms with van der Waals surface area (Å²) in [5, 5.41) is 9.17. The van der Waals surface area contributed by atoms with Gasteiger partial charge in [0.15, 0.2) is 11.5 Å². The van der Waals surface area contributed by atoms with E-state index in [-0.39, 0.29) is 23.3 Å². The van der Waals surface area contributed by atoms with Crippen LogP contribution < -0.4 is 10.5 Å². The number of rotatable bonds is 4. The summed E-state index contributed by atoms with van der Waals surface area (Å²) in [5.74, 6) is -0.214. The minimum absolute atomic E-state index is 0.0604. The molecule has 1 saturated carbocycles. The van der Waals surface area contributed by atoms with Crippen LogP contribution in [-0.2, 0) is 0 Å². The lowest BCUT2D eigenvalue weighted by Crippen LogP contribution is -2.13. The molecule has 0 atom stereocenters. The second kappa shape index (κ2) is 6.01. The molecule has 1 heterocycles. The Hall–Kier alpha value is -2.63. The largest absolute Gasteiger partial charge is 0.476 e. The van der Waals surface area contributed by atoms with Crippen molar-refractivity contribution in [3.05, 3.63) is 41.7 Å². The van der Waals surface area contributed by atoms with Crippen molar-refractivity contribution in [3.63, 3.8) is 0 Å². The number of carboxylic acid groups (broad SMARTS) is 1. The smallest absolute Gasteiger partial charge is 0.358 e. The minimum Gasteiger partial charge on any atom is -0.476 e. The van der Waals surface area contributed by atoms with Crippen LogP contribution in [0.4, 0.5) is 5.82 Å². The summed E-state index contributed by atoms with van der Waals surface area (Å²) in [4.78, 5) is 19.6. The van der Waals surface area contributed by atoms with Crippen molar-refractivity contribution in [1.29, 1.82) is 0 Å². The van der Waals surface area contributed by atoms with E-state index in [4.69, 9.17) is 10.5 Å². The van der Waals surface area contributed by atoms with Gasteiger partial charge >= 0.3 is 5.97 Å². The molecule has 2 aromatic rings. The molecule has 114 valence electrons. The van der Waals surface area contributed by atoms with E-state index in [9.17, 15) is 9.90 Å². The van der Waals surface area contributed by atoms with Gasteiger partial charge in [-0.05, 0) is 25.0 Å². The number of hydrogen-bond donors (Lipinski definition) is 2. The molecule has 1 aliphatic carbocycles. The van der Waals surface area contributed by atoms with Crippen molar-refractivity contribution in [3.8, 4) is 11.6 Å². The summed E-state index contributed by atoms with van der Waals surface area (Å²) in [6.07, 6.45) is 4.23. The average Bonchev–Trinajstić information content (AvgIpc) is 3.03. The van der Waals surface area contributed by atoms with Crippen LogP contribution in [0.25, 0.3) is 0 Å². The van der Waals surface area contributed by atoms with Crippen LogP contribution in [0.5, 0.6) is 11.6 Å². The summed E-state index contributed by atoms with van der Waals surface area (Å²) in [6, 6.07) is 9.14. The lowest BCUT2D eigenvalue weighted by molar-refractivity contribution is 0.0690.